The Morgan fingerprint density at radius 2 is 2.32 bits per heavy atom. The Balaban J connectivity index is 2.19. The molecule has 0 aliphatic carbocycles. The van der Waals surface area contributed by atoms with Gasteiger partial charge in [0.25, 0.3) is 0 Å². The van der Waals surface area contributed by atoms with Crippen molar-refractivity contribution in [1.29, 1.82) is 0 Å². The van der Waals surface area contributed by atoms with Crippen LogP contribution in [0, 0.1) is 5.82 Å². The van der Waals surface area contributed by atoms with Crippen molar-refractivity contribution in [2.75, 3.05) is 18.6 Å². The Labute approximate surface area is 115 Å². The fraction of sp³-hybridized carbons (Fsp3) is 0.385. The van der Waals surface area contributed by atoms with Crippen molar-refractivity contribution in [1.82, 2.24) is 0 Å². The minimum Gasteiger partial charge on any atom is -0.469 e. The molecule has 1 aliphatic heterocycles. The molecule has 1 amide bonds. The molecule has 0 aromatic heterocycles. The zero-order valence-corrected chi connectivity index (χ0v) is 11.3. The number of amides is 1. The normalized spacial score (nSPS) is 18.8. The van der Waals surface area contributed by atoms with Crippen LogP contribution in [0.5, 0.6) is 0 Å². The molecular formula is C13H14FNO3S. The second-order valence-corrected chi connectivity index (χ2v) is 5.12. The van der Waals surface area contributed by atoms with Gasteiger partial charge in [0, 0.05) is 23.9 Å². The summed E-state index contributed by atoms with van der Waals surface area (Å²) in [6, 6.07) is 4.40. The zero-order valence-electron chi connectivity index (χ0n) is 10.4. The second kappa shape index (κ2) is 5.61. The van der Waals surface area contributed by atoms with Gasteiger partial charge in [0.1, 0.15) is 5.82 Å². The lowest BCUT2D eigenvalue weighted by Crippen LogP contribution is -2.24. The molecule has 6 heteroatoms. The van der Waals surface area contributed by atoms with E-state index in [2.05, 4.69) is 17.4 Å². The van der Waals surface area contributed by atoms with Gasteiger partial charge >= 0.3 is 5.97 Å². The molecule has 0 N–H and O–H groups in total. The largest absolute Gasteiger partial charge is 0.469 e. The van der Waals surface area contributed by atoms with Crippen LogP contribution in [-0.4, -0.2) is 30.8 Å². The van der Waals surface area contributed by atoms with Crippen molar-refractivity contribution in [2.24, 2.45) is 0 Å². The summed E-state index contributed by atoms with van der Waals surface area (Å²) in [5.74, 6) is -1.09. The Morgan fingerprint density at radius 1 is 1.58 bits per heavy atom. The van der Waals surface area contributed by atoms with Crippen molar-refractivity contribution in [3.8, 4) is 0 Å². The number of carbonyl (C=O) groups is 2. The van der Waals surface area contributed by atoms with E-state index in [-0.39, 0.29) is 23.1 Å². The Hall–Kier alpha value is -1.56. The number of halogens is 1. The first-order valence-corrected chi connectivity index (χ1v) is 6.36. The number of thiol groups is 1. The molecule has 1 atom stereocenters. The summed E-state index contributed by atoms with van der Waals surface area (Å²) in [7, 11) is 1.25. The molecule has 0 radical (unpaired) electrons. The maximum absolute atomic E-state index is 13.9. The highest BCUT2D eigenvalue weighted by atomic mass is 32.1. The summed E-state index contributed by atoms with van der Waals surface area (Å²) in [6.07, 6.45) is 0.237. The van der Waals surface area contributed by atoms with Crippen molar-refractivity contribution in [3.05, 3.63) is 29.6 Å². The third kappa shape index (κ3) is 3.07. The highest BCUT2D eigenvalue weighted by molar-refractivity contribution is 7.81. The molecule has 1 saturated heterocycles. The number of rotatable bonds is 3. The van der Waals surface area contributed by atoms with E-state index >= 15 is 0 Å². The lowest BCUT2D eigenvalue weighted by molar-refractivity contribution is -0.139. The lowest BCUT2D eigenvalue weighted by Gasteiger charge is -2.16. The molecule has 1 aromatic carbocycles. The van der Waals surface area contributed by atoms with Crippen LogP contribution in [0.3, 0.4) is 0 Å². The van der Waals surface area contributed by atoms with E-state index in [1.54, 1.807) is 6.07 Å². The zero-order chi connectivity index (χ0) is 14.0. The fourth-order valence-electron chi connectivity index (χ4n) is 2.01. The molecule has 0 bridgehead atoms. The standard InChI is InChI=1S/C13H14FNO3S/c1-18-13(17)4-8-2-3-9(5-11(8)14)15-7-10(19)6-12(15)16/h2-3,5,10,19H,4,6-7H2,1H3. The maximum Gasteiger partial charge on any atom is 0.310 e. The Morgan fingerprint density at radius 3 is 2.84 bits per heavy atom. The molecule has 1 aromatic rings. The summed E-state index contributed by atoms with van der Waals surface area (Å²) in [6.45, 7) is 0.470. The van der Waals surface area contributed by atoms with Crippen LogP contribution in [0.4, 0.5) is 10.1 Å². The molecule has 1 heterocycles. The first-order chi connectivity index (χ1) is 9.01. The summed E-state index contributed by atoms with van der Waals surface area (Å²) in [5.41, 5.74) is 0.748. The van der Waals surface area contributed by atoms with Crippen molar-refractivity contribution < 1.29 is 18.7 Å². The van der Waals surface area contributed by atoms with Crippen LogP contribution in [0.1, 0.15) is 12.0 Å². The Kier molecular flexibility index (Phi) is 4.09. The second-order valence-electron chi connectivity index (χ2n) is 4.39. The number of esters is 1. The van der Waals surface area contributed by atoms with E-state index in [9.17, 15) is 14.0 Å². The minimum atomic E-state index is -0.515. The molecule has 1 aliphatic rings. The number of anilines is 1. The number of carbonyl (C=O) groups excluding carboxylic acids is 2. The highest BCUT2D eigenvalue weighted by Crippen LogP contribution is 2.25. The van der Waals surface area contributed by atoms with Crippen LogP contribution < -0.4 is 4.90 Å². The minimum absolute atomic E-state index is 0.0229. The first-order valence-electron chi connectivity index (χ1n) is 5.85. The number of methoxy groups -OCH3 is 1. The molecular weight excluding hydrogens is 269 g/mol. The van der Waals surface area contributed by atoms with E-state index in [0.717, 1.165) is 0 Å². The van der Waals surface area contributed by atoms with Gasteiger partial charge < -0.3 is 9.64 Å². The van der Waals surface area contributed by atoms with Gasteiger partial charge in [0.2, 0.25) is 5.91 Å². The van der Waals surface area contributed by atoms with E-state index < -0.39 is 11.8 Å². The summed E-state index contributed by atoms with van der Waals surface area (Å²) >= 11 is 4.25. The summed E-state index contributed by atoms with van der Waals surface area (Å²) in [4.78, 5) is 24.3. The number of benzene rings is 1. The monoisotopic (exact) mass is 283 g/mol. The predicted molar refractivity (Wildman–Crippen MR) is 71.9 cm³/mol. The quantitative estimate of drug-likeness (QED) is 0.676. The Bertz CT molecular complexity index is 521. The van der Waals surface area contributed by atoms with Crippen LogP contribution >= 0.6 is 12.6 Å². The van der Waals surface area contributed by atoms with Crippen molar-refractivity contribution >= 4 is 30.2 Å². The highest BCUT2D eigenvalue weighted by Gasteiger charge is 2.28. The van der Waals surface area contributed by atoms with Gasteiger partial charge in [-0.3, -0.25) is 9.59 Å². The lowest BCUT2D eigenvalue weighted by atomic mass is 10.1. The summed E-state index contributed by atoms with van der Waals surface area (Å²) in [5, 5.41) is -0.0229. The van der Waals surface area contributed by atoms with Crippen molar-refractivity contribution in [2.45, 2.75) is 18.1 Å². The van der Waals surface area contributed by atoms with Gasteiger partial charge in [0.05, 0.1) is 13.5 Å². The van der Waals surface area contributed by atoms with Crippen LogP contribution in [0.25, 0.3) is 0 Å². The van der Waals surface area contributed by atoms with E-state index in [4.69, 9.17) is 0 Å². The van der Waals surface area contributed by atoms with Crippen LogP contribution in [0.15, 0.2) is 18.2 Å². The molecule has 4 nitrogen and oxygen atoms in total. The predicted octanol–water partition coefficient (Wildman–Crippen LogP) is 1.58. The maximum atomic E-state index is 13.9. The SMILES string of the molecule is COC(=O)Cc1ccc(N2CC(S)CC2=O)cc1F. The number of hydrogen-bond acceptors (Lipinski definition) is 4. The average Bonchev–Trinajstić information content (AvgIpc) is 2.71. The van der Waals surface area contributed by atoms with E-state index in [1.807, 2.05) is 0 Å². The molecule has 1 fully saturated rings. The van der Waals surface area contributed by atoms with Crippen molar-refractivity contribution in [3.63, 3.8) is 0 Å². The van der Waals surface area contributed by atoms with Gasteiger partial charge in [-0.25, -0.2) is 4.39 Å². The van der Waals surface area contributed by atoms with E-state index in [0.29, 0.717) is 18.7 Å². The molecule has 102 valence electrons. The van der Waals surface area contributed by atoms with Crippen LogP contribution in [-0.2, 0) is 20.7 Å². The summed E-state index contributed by atoms with van der Waals surface area (Å²) < 4.78 is 18.3. The van der Waals surface area contributed by atoms with Gasteiger partial charge in [-0.2, -0.15) is 12.6 Å². The van der Waals surface area contributed by atoms with Gasteiger partial charge in [-0.1, -0.05) is 6.07 Å². The van der Waals surface area contributed by atoms with Gasteiger partial charge in [0.15, 0.2) is 0 Å². The molecule has 1 unspecified atom stereocenters. The molecule has 2 rings (SSSR count). The van der Waals surface area contributed by atoms with Gasteiger partial charge in [-0.15, -0.1) is 0 Å². The third-order valence-corrected chi connectivity index (χ3v) is 3.36. The average molecular weight is 283 g/mol. The number of hydrogen-bond donors (Lipinski definition) is 1. The topological polar surface area (TPSA) is 46.6 Å². The number of ether oxygens (including phenoxy) is 1. The van der Waals surface area contributed by atoms with Crippen LogP contribution in [0.2, 0.25) is 0 Å². The van der Waals surface area contributed by atoms with Gasteiger partial charge in [-0.05, 0) is 17.7 Å². The fourth-order valence-corrected chi connectivity index (χ4v) is 2.33. The molecule has 19 heavy (non-hydrogen) atoms. The number of nitrogens with zero attached hydrogens (tertiary/aromatic N) is 1. The smallest absolute Gasteiger partial charge is 0.310 e. The van der Waals surface area contributed by atoms with E-state index in [1.165, 1.54) is 24.1 Å². The first kappa shape index (κ1) is 13.9. The molecule has 0 saturated carbocycles. The third-order valence-electron chi connectivity index (χ3n) is 3.02. The molecule has 0 spiro atoms.